The molecule has 6 heterocycles. The lowest BCUT2D eigenvalue weighted by atomic mass is 9.79. The number of carbonyl (C=O) groups is 1. The van der Waals surface area contributed by atoms with Crippen molar-refractivity contribution in [2.75, 3.05) is 13.1 Å². The second-order valence-electron chi connectivity index (χ2n) is 14.6. The minimum absolute atomic E-state index is 0.0372. The van der Waals surface area contributed by atoms with E-state index in [-0.39, 0.29) is 59.4 Å². The number of pyridine rings is 1. The van der Waals surface area contributed by atoms with Crippen LogP contribution in [0.1, 0.15) is 72.9 Å². The highest BCUT2D eigenvalue weighted by Gasteiger charge is 2.51. The van der Waals surface area contributed by atoms with Crippen LogP contribution in [0.2, 0.25) is 10.0 Å². The Balaban J connectivity index is 1.27. The number of hydrogen-bond acceptors (Lipinski definition) is 6. The Morgan fingerprint density at radius 1 is 1.12 bits per heavy atom. The van der Waals surface area contributed by atoms with Gasteiger partial charge in [0.15, 0.2) is 5.82 Å². The van der Waals surface area contributed by atoms with E-state index in [2.05, 4.69) is 33.0 Å². The van der Waals surface area contributed by atoms with Crippen molar-refractivity contribution in [3.8, 4) is 23.3 Å². The molecule has 0 radical (unpaired) electrons. The number of hydrogen-bond donors (Lipinski definition) is 1. The summed E-state index contributed by atoms with van der Waals surface area (Å²) in [5.41, 5.74) is 5.06. The zero-order chi connectivity index (χ0) is 35.1. The van der Waals surface area contributed by atoms with Gasteiger partial charge in [-0.05, 0) is 74.8 Å². The molecule has 5 aliphatic rings. The van der Waals surface area contributed by atoms with Crippen LogP contribution in [-0.2, 0) is 17.6 Å². The van der Waals surface area contributed by atoms with Crippen LogP contribution in [0, 0.1) is 47.2 Å². The van der Waals surface area contributed by atoms with Crippen LogP contribution in [0.25, 0.3) is 32.9 Å². The van der Waals surface area contributed by atoms with E-state index in [4.69, 9.17) is 33.3 Å². The van der Waals surface area contributed by atoms with Crippen molar-refractivity contribution in [2.45, 2.75) is 76.0 Å². The van der Waals surface area contributed by atoms with Gasteiger partial charge in [0.25, 0.3) is 0 Å². The molecule has 10 rings (SSSR count). The highest BCUT2D eigenvalue weighted by atomic mass is 35.5. The van der Waals surface area contributed by atoms with E-state index < -0.39 is 5.82 Å². The molecule has 0 spiro atoms. The van der Waals surface area contributed by atoms with Gasteiger partial charge in [0.05, 0.1) is 57.9 Å². The van der Waals surface area contributed by atoms with Gasteiger partial charge in [0.1, 0.15) is 5.52 Å². The van der Waals surface area contributed by atoms with Crippen molar-refractivity contribution in [3.05, 3.63) is 81.1 Å². The molecule has 2 saturated carbocycles. The maximum absolute atomic E-state index is 17.2. The summed E-state index contributed by atoms with van der Waals surface area (Å²) in [7, 11) is 0. The van der Waals surface area contributed by atoms with E-state index in [1.54, 1.807) is 18.2 Å². The zero-order valence-corrected chi connectivity index (χ0v) is 29.6. The molecule has 5 atom stereocenters. The van der Waals surface area contributed by atoms with E-state index in [9.17, 15) is 15.3 Å². The summed E-state index contributed by atoms with van der Waals surface area (Å²) in [6.07, 6.45) is 6.22. The highest BCUT2D eigenvalue weighted by molar-refractivity contribution is 6.43. The van der Waals surface area contributed by atoms with Crippen molar-refractivity contribution in [3.63, 3.8) is 0 Å². The Morgan fingerprint density at radius 3 is 2.69 bits per heavy atom. The summed E-state index contributed by atoms with van der Waals surface area (Å²) in [4.78, 5) is 21.0. The Hall–Kier alpha value is -4.48. The Labute approximate surface area is 304 Å². The number of rotatable bonds is 8. The molecule has 1 amide bonds. The third kappa shape index (κ3) is 5.14. The van der Waals surface area contributed by atoms with E-state index in [0.29, 0.717) is 63.8 Å². The average molecular weight is 722 g/mol. The van der Waals surface area contributed by atoms with Crippen LogP contribution in [0.15, 0.2) is 42.6 Å². The molecule has 3 aliphatic heterocycles. The molecular formula is C39H35Cl2FN8O. The van der Waals surface area contributed by atoms with Gasteiger partial charge in [0.2, 0.25) is 5.91 Å². The number of carbonyl (C=O) groups excluding carboxylic acids is 1. The number of nitrogens with one attached hydrogen (secondary N) is 1. The summed E-state index contributed by atoms with van der Waals surface area (Å²) in [5.74, 6) is 0.128. The van der Waals surface area contributed by atoms with Gasteiger partial charge >= 0.3 is 0 Å². The molecule has 3 saturated heterocycles. The van der Waals surface area contributed by atoms with Gasteiger partial charge in [0, 0.05) is 71.0 Å². The normalized spacial score (nSPS) is 23.9. The number of aryl methyl sites for hydroxylation is 2. The zero-order valence-electron chi connectivity index (χ0n) is 28.0. The fraction of sp³-hybridized carbons (Fsp3) is 0.410. The van der Waals surface area contributed by atoms with Crippen LogP contribution in [0.4, 0.5) is 4.39 Å². The lowest BCUT2D eigenvalue weighted by Crippen LogP contribution is -2.41. The van der Waals surface area contributed by atoms with Gasteiger partial charge < -0.3 is 14.8 Å². The Bertz CT molecular complexity index is 2340. The summed E-state index contributed by atoms with van der Waals surface area (Å²) >= 11 is 13.1. The minimum Gasteiger partial charge on any atom is -0.337 e. The van der Waals surface area contributed by atoms with Crippen molar-refractivity contribution in [1.82, 2.24) is 29.5 Å². The lowest BCUT2D eigenvalue weighted by Gasteiger charge is -2.39. The number of halogens is 3. The number of aromatic nitrogens is 4. The second-order valence-corrected chi connectivity index (χ2v) is 15.4. The fourth-order valence-corrected chi connectivity index (χ4v) is 9.34. The predicted molar refractivity (Wildman–Crippen MR) is 193 cm³/mol. The van der Waals surface area contributed by atoms with E-state index in [0.717, 1.165) is 42.4 Å². The SMILES string of the molecule is Cc1nc2c(F)c(-c3cccc(Cl)c3Cl)c(CCC#N)cc2c2c1cc([C@H]1C[C@H](n3ccc(CC#N)n3)CN1C(=O)C1CC1)n2[C@H]1[C@H]2CN[C@@H]1C2. The predicted octanol–water partition coefficient (Wildman–Crippen LogP) is 7.79. The van der Waals surface area contributed by atoms with Gasteiger partial charge in [-0.15, -0.1) is 0 Å². The Kier molecular flexibility index (Phi) is 7.84. The van der Waals surface area contributed by atoms with E-state index in [1.165, 1.54) is 0 Å². The largest absolute Gasteiger partial charge is 0.337 e. The van der Waals surface area contributed by atoms with Crippen molar-refractivity contribution >= 4 is 50.9 Å². The number of likely N-dealkylation sites (tertiary alicyclic amines) is 1. The highest BCUT2D eigenvalue weighted by Crippen LogP contribution is 2.52. The smallest absolute Gasteiger partial charge is 0.226 e. The monoisotopic (exact) mass is 720 g/mol. The molecular weight excluding hydrogens is 686 g/mol. The second kappa shape index (κ2) is 12.3. The molecule has 2 bridgehead atoms. The molecule has 3 aromatic heterocycles. The van der Waals surface area contributed by atoms with Gasteiger partial charge in [-0.1, -0.05) is 35.3 Å². The third-order valence-electron chi connectivity index (χ3n) is 11.6. The first kappa shape index (κ1) is 32.4. The number of nitrogens with zero attached hydrogens (tertiary/aromatic N) is 7. The molecule has 2 aromatic carbocycles. The molecule has 12 heteroatoms. The molecule has 9 nitrogen and oxygen atoms in total. The molecule has 5 aromatic rings. The number of benzene rings is 2. The van der Waals surface area contributed by atoms with Gasteiger partial charge in [-0.3, -0.25) is 9.48 Å². The summed E-state index contributed by atoms with van der Waals surface area (Å²) in [5, 5.41) is 29.4. The van der Waals surface area contributed by atoms with Crippen LogP contribution < -0.4 is 5.32 Å². The molecule has 1 N–H and O–H groups in total. The van der Waals surface area contributed by atoms with Crippen LogP contribution >= 0.6 is 23.2 Å². The lowest BCUT2D eigenvalue weighted by molar-refractivity contribution is -0.133. The maximum atomic E-state index is 17.2. The van der Waals surface area contributed by atoms with E-state index in [1.807, 2.05) is 29.9 Å². The number of nitriles is 2. The van der Waals surface area contributed by atoms with Crippen LogP contribution in [-0.4, -0.2) is 49.3 Å². The Morgan fingerprint density at radius 2 is 1.96 bits per heavy atom. The van der Waals surface area contributed by atoms with Crippen LogP contribution in [0.3, 0.4) is 0 Å². The summed E-state index contributed by atoms with van der Waals surface area (Å²) in [6, 6.07) is 15.8. The quantitative estimate of drug-likeness (QED) is 0.175. The van der Waals surface area contributed by atoms with Crippen molar-refractivity contribution in [2.24, 2.45) is 11.8 Å². The van der Waals surface area contributed by atoms with E-state index >= 15 is 4.39 Å². The molecule has 2 aliphatic carbocycles. The first-order chi connectivity index (χ1) is 24.8. The minimum atomic E-state index is -0.489. The van der Waals surface area contributed by atoms with Crippen molar-refractivity contribution in [1.29, 1.82) is 10.5 Å². The number of amides is 1. The summed E-state index contributed by atoms with van der Waals surface area (Å²) < 4.78 is 21.5. The maximum Gasteiger partial charge on any atom is 0.226 e. The standard InChI is InChI=1S/C39H35Cl2FN8O/c1-20-27-17-32(31-16-25(19-48(31)39(51)21-7-8-21)49-13-10-24(47-49)9-12-44)50(37-23-15-30(37)45-18-23)38(27)28-14-22(4-3-11-43)33(35(42)36(28)46-20)26-5-2-6-29(40)34(26)41/h2,5-6,10,13-14,17,21,23,25,30-31,37,45H,3-4,7-9,15-16,18-19H2,1H3/t23-,25+,30-,31-,37+/m1/s1. The number of fused-ring (bicyclic) bond motifs is 4. The first-order valence-corrected chi connectivity index (χ1v) is 18.5. The molecule has 258 valence electrons. The van der Waals surface area contributed by atoms with Crippen LogP contribution in [0.5, 0.6) is 0 Å². The molecule has 0 unspecified atom stereocenters. The fourth-order valence-electron chi connectivity index (χ4n) is 8.95. The average Bonchev–Trinajstić information content (AvgIpc) is 3.60. The molecule has 5 fully saturated rings. The molecule has 51 heavy (non-hydrogen) atoms. The van der Waals surface area contributed by atoms with Gasteiger partial charge in [-0.2, -0.15) is 15.6 Å². The van der Waals surface area contributed by atoms with Crippen molar-refractivity contribution < 1.29 is 9.18 Å². The van der Waals surface area contributed by atoms with Gasteiger partial charge in [-0.25, -0.2) is 9.37 Å². The third-order valence-corrected chi connectivity index (χ3v) is 12.4. The topological polar surface area (TPSA) is 116 Å². The first-order valence-electron chi connectivity index (χ1n) is 17.7. The summed E-state index contributed by atoms with van der Waals surface area (Å²) in [6.45, 7) is 3.35.